The van der Waals surface area contributed by atoms with Crippen molar-refractivity contribution in [3.63, 3.8) is 0 Å². The Morgan fingerprint density at radius 3 is 2.46 bits per heavy atom. The molecule has 196 valence electrons. The van der Waals surface area contributed by atoms with Gasteiger partial charge in [-0.25, -0.2) is 0 Å². The van der Waals surface area contributed by atoms with Gasteiger partial charge in [0.2, 0.25) is 0 Å². The molecule has 5 heteroatoms. The van der Waals surface area contributed by atoms with Gasteiger partial charge in [0.15, 0.2) is 0 Å². The van der Waals surface area contributed by atoms with Gasteiger partial charge < -0.3 is 25.2 Å². The topological polar surface area (TPSA) is 68.0 Å². The van der Waals surface area contributed by atoms with Crippen LogP contribution in [0, 0.1) is 0 Å². The molecule has 0 amide bonds. The van der Waals surface area contributed by atoms with Crippen LogP contribution in [0.5, 0.6) is 17.2 Å². The van der Waals surface area contributed by atoms with E-state index in [9.17, 15) is 5.11 Å². The minimum atomic E-state index is -0.166. The zero-order chi connectivity index (χ0) is 25.8. The van der Waals surface area contributed by atoms with Crippen LogP contribution in [0.1, 0.15) is 67.2 Å². The van der Waals surface area contributed by atoms with Crippen LogP contribution in [-0.4, -0.2) is 30.9 Å². The number of hydrogen-bond donors (Lipinski definition) is 2. The second-order valence-electron chi connectivity index (χ2n) is 10.8. The first-order chi connectivity index (χ1) is 18.0. The van der Waals surface area contributed by atoms with E-state index in [1.54, 1.807) is 7.11 Å². The van der Waals surface area contributed by atoms with Gasteiger partial charge >= 0.3 is 0 Å². The van der Waals surface area contributed by atoms with Crippen molar-refractivity contribution < 1.29 is 14.6 Å². The lowest BCUT2D eigenvalue weighted by Gasteiger charge is -2.32. The maximum atomic E-state index is 9.89. The number of rotatable bonds is 9. The number of methoxy groups -OCH3 is 1. The Morgan fingerprint density at radius 1 is 0.973 bits per heavy atom. The molecule has 37 heavy (non-hydrogen) atoms. The summed E-state index contributed by atoms with van der Waals surface area (Å²) in [6.45, 7) is 4.51. The lowest BCUT2D eigenvalue weighted by molar-refractivity contribution is 0.220. The summed E-state index contributed by atoms with van der Waals surface area (Å²) < 4.78 is 11.7. The fraction of sp³-hybridized carbons (Fsp3) is 0.438. The molecule has 3 aromatic carbocycles. The second kappa shape index (κ2) is 11.1. The molecule has 2 aliphatic rings. The van der Waals surface area contributed by atoms with Gasteiger partial charge in [0.05, 0.1) is 12.6 Å². The normalized spacial score (nSPS) is 18.3. The number of anilines is 1. The fourth-order valence-electron chi connectivity index (χ4n) is 6.01. The van der Waals surface area contributed by atoms with Gasteiger partial charge in [0.25, 0.3) is 0 Å². The zero-order valence-corrected chi connectivity index (χ0v) is 22.2. The molecule has 0 heterocycles. The molecule has 1 atom stereocenters. The zero-order valence-electron chi connectivity index (χ0n) is 22.2. The quantitative estimate of drug-likeness (QED) is 0.358. The number of benzene rings is 3. The lowest BCUT2D eigenvalue weighted by Crippen LogP contribution is -2.42. The average molecular weight is 501 g/mol. The van der Waals surface area contributed by atoms with E-state index in [-0.39, 0.29) is 5.54 Å². The Morgan fingerprint density at radius 2 is 1.73 bits per heavy atom. The summed E-state index contributed by atoms with van der Waals surface area (Å²) in [6, 6.07) is 20.8. The maximum Gasteiger partial charge on any atom is 0.120 e. The fourth-order valence-corrected chi connectivity index (χ4v) is 6.01. The monoisotopic (exact) mass is 500 g/mol. The van der Waals surface area contributed by atoms with Crippen molar-refractivity contribution in [2.75, 3.05) is 25.2 Å². The molecule has 1 fully saturated rings. The number of nitrogens with two attached hydrogens (primary N) is 1. The first-order valence-corrected chi connectivity index (χ1v) is 13.7. The highest BCUT2D eigenvalue weighted by Gasteiger charge is 2.30. The Kier molecular flexibility index (Phi) is 7.61. The summed E-state index contributed by atoms with van der Waals surface area (Å²) in [7, 11) is 1.73. The molecule has 0 aliphatic heterocycles. The highest BCUT2D eigenvalue weighted by atomic mass is 16.5. The molecule has 0 aromatic heterocycles. The molecule has 3 N–H and O–H groups in total. The molecule has 0 radical (unpaired) electrons. The number of hydrogen-bond acceptors (Lipinski definition) is 5. The van der Waals surface area contributed by atoms with E-state index in [4.69, 9.17) is 15.2 Å². The Bertz CT molecular complexity index is 1200. The predicted octanol–water partition coefficient (Wildman–Crippen LogP) is 6.35. The molecule has 1 unspecified atom stereocenters. The van der Waals surface area contributed by atoms with E-state index in [0.29, 0.717) is 18.3 Å². The van der Waals surface area contributed by atoms with Gasteiger partial charge in [0.1, 0.15) is 23.9 Å². The van der Waals surface area contributed by atoms with E-state index in [1.807, 2.05) is 12.1 Å². The van der Waals surface area contributed by atoms with Gasteiger partial charge in [-0.2, -0.15) is 0 Å². The first-order valence-electron chi connectivity index (χ1n) is 13.7. The van der Waals surface area contributed by atoms with Crippen LogP contribution in [0.3, 0.4) is 0 Å². The van der Waals surface area contributed by atoms with Gasteiger partial charge in [-0.05, 0) is 97.5 Å². The van der Waals surface area contributed by atoms with Gasteiger partial charge in [-0.1, -0.05) is 37.1 Å². The summed E-state index contributed by atoms with van der Waals surface area (Å²) >= 11 is 0. The molecule has 5 nitrogen and oxygen atoms in total. The van der Waals surface area contributed by atoms with E-state index >= 15 is 0 Å². The lowest BCUT2D eigenvalue weighted by atomic mass is 9.79. The predicted molar refractivity (Wildman–Crippen MR) is 150 cm³/mol. The highest BCUT2D eigenvalue weighted by Crippen LogP contribution is 2.40. The van der Waals surface area contributed by atoms with Crippen LogP contribution >= 0.6 is 0 Å². The standard InChI is InChI=1S/C32H40N2O3/c1-3-34(21-23-6-12-28(13-7-23)37-22-32(33)16-4-5-17-32)31-20-29(36-2)14-15-30(31)26-9-8-25-19-27(35)11-10-24(25)18-26/h6-7,10-15,19-20,26,35H,3-5,8-9,16-18,21-22,33H2,1-2H3. The van der Waals surface area contributed by atoms with Crippen molar-refractivity contribution in [3.05, 3.63) is 82.9 Å². The number of nitrogens with zero attached hydrogens (tertiary/aromatic N) is 1. The Hall–Kier alpha value is -3.18. The van der Waals surface area contributed by atoms with Gasteiger partial charge in [0, 0.05) is 24.8 Å². The molecule has 5 rings (SSSR count). The molecular formula is C32H40N2O3. The van der Waals surface area contributed by atoms with Crippen LogP contribution in [0.25, 0.3) is 0 Å². The van der Waals surface area contributed by atoms with E-state index < -0.39 is 0 Å². The number of ether oxygens (including phenoxy) is 2. The van der Waals surface area contributed by atoms with Crippen molar-refractivity contribution in [2.45, 2.75) is 69.9 Å². The van der Waals surface area contributed by atoms with Crippen molar-refractivity contribution in [1.82, 2.24) is 0 Å². The molecule has 0 bridgehead atoms. The molecule has 0 saturated heterocycles. The average Bonchev–Trinajstić information content (AvgIpc) is 3.37. The molecule has 3 aromatic rings. The van der Waals surface area contributed by atoms with Crippen LogP contribution in [0.2, 0.25) is 0 Å². The Labute approximate surface area is 221 Å². The van der Waals surface area contributed by atoms with Crippen LogP contribution in [-0.2, 0) is 19.4 Å². The van der Waals surface area contributed by atoms with Gasteiger partial charge in [-0.3, -0.25) is 0 Å². The van der Waals surface area contributed by atoms with Crippen LogP contribution in [0.15, 0.2) is 60.7 Å². The van der Waals surface area contributed by atoms with Crippen molar-refractivity contribution >= 4 is 5.69 Å². The minimum Gasteiger partial charge on any atom is -0.508 e. The van der Waals surface area contributed by atoms with E-state index in [1.165, 1.54) is 40.8 Å². The van der Waals surface area contributed by atoms with E-state index in [2.05, 4.69) is 60.4 Å². The summed E-state index contributed by atoms with van der Waals surface area (Å²) in [5.41, 5.74) is 12.8. The SMILES string of the molecule is CCN(Cc1ccc(OCC2(N)CCCC2)cc1)c1cc(OC)ccc1C1CCc2cc(O)ccc2C1. The van der Waals surface area contributed by atoms with Crippen LogP contribution in [0.4, 0.5) is 5.69 Å². The largest absolute Gasteiger partial charge is 0.508 e. The minimum absolute atomic E-state index is 0.166. The van der Waals surface area contributed by atoms with Crippen molar-refractivity contribution in [1.29, 1.82) is 0 Å². The highest BCUT2D eigenvalue weighted by molar-refractivity contribution is 5.60. The van der Waals surface area contributed by atoms with E-state index in [0.717, 1.165) is 56.7 Å². The summed E-state index contributed by atoms with van der Waals surface area (Å²) in [5, 5.41) is 9.89. The smallest absolute Gasteiger partial charge is 0.120 e. The summed E-state index contributed by atoms with van der Waals surface area (Å²) in [6.07, 6.45) is 7.55. The second-order valence-corrected chi connectivity index (χ2v) is 10.8. The number of phenolic OH excluding ortho intramolecular Hbond substituents is 1. The summed E-state index contributed by atoms with van der Waals surface area (Å²) in [4.78, 5) is 2.44. The number of fused-ring (bicyclic) bond motifs is 1. The third kappa shape index (κ3) is 5.88. The summed E-state index contributed by atoms with van der Waals surface area (Å²) in [5.74, 6) is 2.56. The maximum absolute atomic E-state index is 9.89. The number of aromatic hydroxyl groups is 1. The molecule has 2 aliphatic carbocycles. The third-order valence-electron chi connectivity index (χ3n) is 8.24. The van der Waals surface area contributed by atoms with Crippen molar-refractivity contribution in [3.8, 4) is 17.2 Å². The molecular weight excluding hydrogens is 460 g/mol. The Balaban J connectivity index is 1.33. The van der Waals surface area contributed by atoms with Gasteiger partial charge in [-0.15, -0.1) is 0 Å². The number of aryl methyl sites for hydroxylation is 1. The first kappa shape index (κ1) is 25.5. The molecule has 1 saturated carbocycles. The number of phenols is 1. The van der Waals surface area contributed by atoms with Crippen LogP contribution < -0.4 is 20.1 Å². The van der Waals surface area contributed by atoms with Crippen molar-refractivity contribution in [2.24, 2.45) is 5.73 Å². The molecule has 0 spiro atoms. The third-order valence-corrected chi connectivity index (χ3v) is 8.24.